The number of aliphatic hydroxyl groups is 1. The van der Waals surface area contributed by atoms with E-state index in [4.69, 9.17) is 0 Å². The highest BCUT2D eigenvalue weighted by Gasteiger charge is 2.04. The van der Waals surface area contributed by atoms with E-state index in [0.29, 0.717) is 6.54 Å². The quantitative estimate of drug-likeness (QED) is 0.676. The third-order valence-electron chi connectivity index (χ3n) is 2.43. The maximum atomic E-state index is 9.75. The van der Waals surface area contributed by atoms with E-state index < -0.39 is 0 Å². The van der Waals surface area contributed by atoms with Gasteiger partial charge in [-0.3, -0.25) is 0 Å². The first-order valence-electron chi connectivity index (χ1n) is 6.04. The van der Waals surface area contributed by atoms with E-state index in [2.05, 4.69) is 11.9 Å². The summed E-state index contributed by atoms with van der Waals surface area (Å²) in [7, 11) is 0. The van der Waals surface area contributed by atoms with Crippen molar-refractivity contribution in [3.8, 4) is 0 Å². The first-order valence-corrected chi connectivity index (χ1v) is 7.20. The van der Waals surface area contributed by atoms with Gasteiger partial charge in [0.2, 0.25) is 0 Å². The van der Waals surface area contributed by atoms with Crippen molar-refractivity contribution in [2.75, 3.05) is 11.5 Å². The van der Waals surface area contributed by atoms with Crippen molar-refractivity contribution in [1.82, 2.24) is 9.55 Å². The van der Waals surface area contributed by atoms with Crippen LogP contribution in [0.4, 0.5) is 0 Å². The van der Waals surface area contributed by atoms with Gasteiger partial charge >= 0.3 is 0 Å². The summed E-state index contributed by atoms with van der Waals surface area (Å²) in [5, 5.41) is 9.75. The third-order valence-corrected chi connectivity index (χ3v) is 3.63. The van der Waals surface area contributed by atoms with Crippen LogP contribution in [0.3, 0.4) is 0 Å². The largest absolute Gasteiger partial charge is 0.390 e. The van der Waals surface area contributed by atoms with Crippen LogP contribution in [0.2, 0.25) is 0 Å². The van der Waals surface area contributed by atoms with Gasteiger partial charge in [-0.25, -0.2) is 4.98 Å². The molecule has 1 rings (SSSR count). The molecule has 3 nitrogen and oxygen atoms in total. The highest BCUT2D eigenvalue weighted by atomic mass is 32.2. The summed E-state index contributed by atoms with van der Waals surface area (Å²) in [6.07, 6.45) is 10.3. The van der Waals surface area contributed by atoms with E-state index in [0.717, 1.165) is 5.75 Å². The monoisotopic (exact) mass is 242 g/mol. The molecule has 92 valence electrons. The number of unbranched alkanes of at least 4 members (excludes halogenated alkanes) is 3. The molecule has 0 aliphatic rings. The van der Waals surface area contributed by atoms with Gasteiger partial charge in [0.1, 0.15) is 0 Å². The first-order chi connectivity index (χ1) is 7.83. The lowest BCUT2D eigenvalue weighted by atomic mass is 10.2. The summed E-state index contributed by atoms with van der Waals surface area (Å²) in [6, 6.07) is 0. The number of nitrogens with zero attached hydrogens (tertiary/aromatic N) is 2. The number of aliphatic hydroxyl groups excluding tert-OH is 1. The molecule has 0 radical (unpaired) electrons. The van der Waals surface area contributed by atoms with Crippen molar-refractivity contribution in [1.29, 1.82) is 0 Å². The summed E-state index contributed by atoms with van der Waals surface area (Å²) >= 11 is 1.85. The van der Waals surface area contributed by atoms with Gasteiger partial charge < -0.3 is 9.67 Å². The summed E-state index contributed by atoms with van der Waals surface area (Å²) < 4.78 is 1.92. The number of thioether (sulfide) groups is 1. The van der Waals surface area contributed by atoms with E-state index in [1.807, 2.05) is 22.5 Å². The molecule has 0 saturated carbocycles. The van der Waals surface area contributed by atoms with Gasteiger partial charge in [0.25, 0.3) is 0 Å². The lowest BCUT2D eigenvalue weighted by Gasteiger charge is -2.10. The minimum absolute atomic E-state index is 0.259. The van der Waals surface area contributed by atoms with Crippen molar-refractivity contribution in [2.45, 2.75) is 45.3 Å². The SMILES string of the molecule is CCCCCCSCC(O)Cn1ccnc1. The normalized spacial score (nSPS) is 12.9. The maximum Gasteiger partial charge on any atom is 0.0946 e. The molecule has 0 aromatic carbocycles. The Morgan fingerprint density at radius 2 is 2.25 bits per heavy atom. The van der Waals surface area contributed by atoms with E-state index in [-0.39, 0.29) is 6.10 Å². The second kappa shape index (κ2) is 8.65. The van der Waals surface area contributed by atoms with Crippen LogP contribution in [-0.2, 0) is 6.54 Å². The van der Waals surface area contributed by atoms with Crippen LogP contribution in [-0.4, -0.2) is 32.3 Å². The molecule has 0 aliphatic carbocycles. The molecule has 0 bridgehead atoms. The fourth-order valence-corrected chi connectivity index (χ4v) is 2.49. The molecule has 0 fully saturated rings. The lowest BCUT2D eigenvalue weighted by Crippen LogP contribution is -2.17. The molecular formula is C12H22N2OS. The average molecular weight is 242 g/mol. The van der Waals surface area contributed by atoms with Gasteiger partial charge in [0.15, 0.2) is 0 Å². The second-order valence-electron chi connectivity index (χ2n) is 4.05. The van der Waals surface area contributed by atoms with Gasteiger partial charge in [-0.2, -0.15) is 11.8 Å². The van der Waals surface area contributed by atoms with Crippen molar-refractivity contribution >= 4 is 11.8 Å². The molecule has 1 aromatic heterocycles. The molecular weight excluding hydrogens is 220 g/mol. The summed E-state index contributed by atoms with van der Waals surface area (Å²) in [4.78, 5) is 3.95. The van der Waals surface area contributed by atoms with Crippen LogP contribution in [0, 0.1) is 0 Å². The zero-order chi connectivity index (χ0) is 11.6. The van der Waals surface area contributed by atoms with Crippen molar-refractivity contribution < 1.29 is 5.11 Å². The highest BCUT2D eigenvalue weighted by molar-refractivity contribution is 7.99. The van der Waals surface area contributed by atoms with Gasteiger partial charge in [0, 0.05) is 18.1 Å². The Morgan fingerprint density at radius 1 is 1.38 bits per heavy atom. The topological polar surface area (TPSA) is 38.0 Å². The van der Waals surface area contributed by atoms with E-state index in [1.165, 1.54) is 31.4 Å². The van der Waals surface area contributed by atoms with Crippen molar-refractivity contribution in [3.63, 3.8) is 0 Å². The fourth-order valence-electron chi connectivity index (χ4n) is 1.54. The van der Waals surface area contributed by atoms with E-state index in [9.17, 15) is 5.11 Å². The highest BCUT2D eigenvalue weighted by Crippen LogP contribution is 2.09. The molecule has 1 atom stereocenters. The zero-order valence-electron chi connectivity index (χ0n) is 10.0. The maximum absolute atomic E-state index is 9.75. The minimum atomic E-state index is -0.259. The number of hydrogen-bond acceptors (Lipinski definition) is 3. The Morgan fingerprint density at radius 3 is 2.94 bits per heavy atom. The Bertz CT molecular complexity index is 252. The average Bonchev–Trinajstić information content (AvgIpc) is 2.76. The number of hydrogen-bond donors (Lipinski definition) is 1. The molecule has 0 amide bonds. The molecule has 0 spiro atoms. The van der Waals surface area contributed by atoms with E-state index >= 15 is 0 Å². The smallest absolute Gasteiger partial charge is 0.0946 e. The Balaban J connectivity index is 1.96. The predicted molar refractivity (Wildman–Crippen MR) is 69.7 cm³/mol. The van der Waals surface area contributed by atoms with Crippen LogP contribution in [0.15, 0.2) is 18.7 Å². The Kier molecular flexibility index (Phi) is 7.34. The molecule has 0 saturated heterocycles. The van der Waals surface area contributed by atoms with Gasteiger partial charge in [0.05, 0.1) is 19.0 Å². The number of aromatic nitrogens is 2. The third kappa shape index (κ3) is 6.18. The van der Waals surface area contributed by atoms with Crippen LogP contribution >= 0.6 is 11.8 Å². The Hall–Kier alpha value is -0.480. The lowest BCUT2D eigenvalue weighted by molar-refractivity contribution is 0.178. The predicted octanol–water partition coefficient (Wildman–Crippen LogP) is 2.56. The molecule has 1 N–H and O–H groups in total. The fraction of sp³-hybridized carbons (Fsp3) is 0.750. The van der Waals surface area contributed by atoms with Crippen LogP contribution in [0.5, 0.6) is 0 Å². The van der Waals surface area contributed by atoms with Gasteiger partial charge in [-0.1, -0.05) is 26.2 Å². The second-order valence-corrected chi connectivity index (χ2v) is 5.20. The van der Waals surface area contributed by atoms with Crippen LogP contribution in [0.1, 0.15) is 32.6 Å². The summed E-state index contributed by atoms with van der Waals surface area (Å²) in [5.74, 6) is 1.99. The standard InChI is InChI=1S/C12H22N2OS/c1-2-3-4-5-8-16-10-12(15)9-14-7-6-13-11-14/h6-7,11-12,15H,2-5,8-10H2,1H3. The van der Waals surface area contributed by atoms with Gasteiger partial charge in [-0.15, -0.1) is 0 Å². The Labute approximate surface area is 102 Å². The number of rotatable bonds is 9. The molecule has 1 heterocycles. The molecule has 4 heteroatoms. The van der Waals surface area contributed by atoms with Crippen molar-refractivity contribution in [2.24, 2.45) is 0 Å². The number of imidazole rings is 1. The molecule has 1 aromatic rings. The van der Waals surface area contributed by atoms with Crippen LogP contribution in [0.25, 0.3) is 0 Å². The summed E-state index contributed by atoms with van der Waals surface area (Å²) in [5.41, 5.74) is 0. The molecule has 0 aliphatic heterocycles. The first kappa shape index (κ1) is 13.6. The minimum Gasteiger partial charge on any atom is -0.390 e. The molecule has 16 heavy (non-hydrogen) atoms. The summed E-state index contributed by atoms with van der Waals surface area (Å²) in [6.45, 7) is 2.88. The van der Waals surface area contributed by atoms with E-state index in [1.54, 1.807) is 12.5 Å². The van der Waals surface area contributed by atoms with Crippen molar-refractivity contribution in [3.05, 3.63) is 18.7 Å². The van der Waals surface area contributed by atoms with Gasteiger partial charge in [-0.05, 0) is 12.2 Å². The molecule has 1 unspecified atom stereocenters. The zero-order valence-corrected chi connectivity index (χ0v) is 10.8. The van der Waals surface area contributed by atoms with Crippen LogP contribution < -0.4 is 0 Å².